The Hall–Kier alpha value is -1.12. The highest BCUT2D eigenvalue weighted by molar-refractivity contribution is 9.07. The zero-order valence-corrected chi connectivity index (χ0v) is 18.0. The first-order valence-corrected chi connectivity index (χ1v) is 9.93. The largest absolute Gasteiger partial charge is 0.444 e. The molecule has 0 N–H and O–H groups in total. The second-order valence-electron chi connectivity index (χ2n) is 7.80. The average molecular weight is 447 g/mol. The third kappa shape index (κ3) is 4.40. The van der Waals surface area contributed by atoms with Crippen molar-refractivity contribution in [3.05, 3.63) is 16.5 Å². The molecule has 26 heavy (non-hydrogen) atoms. The van der Waals surface area contributed by atoms with Gasteiger partial charge in [-0.3, -0.25) is 0 Å². The van der Waals surface area contributed by atoms with Crippen LogP contribution in [0.25, 0.3) is 0 Å². The van der Waals surface area contributed by atoms with Crippen LogP contribution >= 0.6 is 27.7 Å². The van der Waals surface area contributed by atoms with Crippen LogP contribution in [0.15, 0.2) is 0 Å². The van der Waals surface area contributed by atoms with E-state index >= 15 is 0 Å². The summed E-state index contributed by atoms with van der Waals surface area (Å²) in [6, 6.07) is 0.119. The molecule has 1 aromatic heterocycles. The van der Waals surface area contributed by atoms with Crippen LogP contribution in [0.4, 0.5) is 10.6 Å². The first kappa shape index (κ1) is 19.6. The van der Waals surface area contributed by atoms with Crippen LogP contribution < -0.4 is 4.90 Å². The minimum absolute atomic E-state index is 0.119. The van der Waals surface area contributed by atoms with Gasteiger partial charge >= 0.3 is 6.09 Å². The predicted molar refractivity (Wildman–Crippen MR) is 105 cm³/mol. The van der Waals surface area contributed by atoms with Crippen LogP contribution in [-0.4, -0.2) is 62.7 Å². The Labute approximate surface area is 168 Å². The summed E-state index contributed by atoms with van der Waals surface area (Å²) in [5, 5.41) is 0.267. The lowest BCUT2D eigenvalue weighted by molar-refractivity contribution is 0.0218. The molecule has 7 nitrogen and oxygen atoms in total. The first-order chi connectivity index (χ1) is 12.1. The number of piperazine rings is 1. The van der Waals surface area contributed by atoms with Gasteiger partial charge in [0.2, 0.25) is 5.28 Å². The molecular formula is C17H25BrClN5O2. The van der Waals surface area contributed by atoms with Crippen molar-refractivity contribution >= 4 is 39.7 Å². The fraction of sp³-hybridized carbons (Fsp3) is 0.706. The van der Waals surface area contributed by atoms with Crippen LogP contribution in [0, 0.1) is 0 Å². The van der Waals surface area contributed by atoms with Gasteiger partial charge in [-0.25, -0.2) is 18.7 Å². The van der Waals surface area contributed by atoms with Crippen LogP contribution in [0.5, 0.6) is 0 Å². The molecule has 1 aromatic rings. The molecule has 3 heterocycles. The molecule has 0 saturated carbocycles. The van der Waals surface area contributed by atoms with Crippen LogP contribution in [-0.2, 0) is 17.7 Å². The van der Waals surface area contributed by atoms with Gasteiger partial charge in [-0.05, 0) is 45.7 Å². The molecule has 1 amide bonds. The number of rotatable bonds is 1. The van der Waals surface area contributed by atoms with E-state index in [1.54, 1.807) is 4.90 Å². The minimum atomic E-state index is -0.488. The van der Waals surface area contributed by atoms with Gasteiger partial charge in [0.15, 0.2) is 0 Å². The normalized spacial score (nSPS) is 21.5. The van der Waals surface area contributed by atoms with Gasteiger partial charge in [0.1, 0.15) is 11.4 Å². The summed E-state index contributed by atoms with van der Waals surface area (Å²) in [5.41, 5.74) is 1.63. The number of carbonyl (C=O) groups is 1. The Balaban J connectivity index is 1.77. The van der Waals surface area contributed by atoms with Crippen LogP contribution in [0.3, 0.4) is 0 Å². The van der Waals surface area contributed by atoms with Crippen LogP contribution in [0.2, 0.25) is 5.28 Å². The van der Waals surface area contributed by atoms with Crippen molar-refractivity contribution in [2.45, 2.75) is 52.3 Å². The molecule has 0 bridgehead atoms. The second-order valence-corrected chi connectivity index (χ2v) is 9.15. The summed E-state index contributed by atoms with van der Waals surface area (Å²) in [6.07, 6.45) is 0.605. The topological polar surface area (TPSA) is 61.8 Å². The summed E-state index contributed by atoms with van der Waals surface area (Å²) in [4.78, 5) is 25.3. The van der Waals surface area contributed by atoms with Crippen molar-refractivity contribution in [3.8, 4) is 0 Å². The Morgan fingerprint density at radius 3 is 2.65 bits per heavy atom. The van der Waals surface area contributed by atoms with E-state index in [0.29, 0.717) is 26.2 Å². The van der Waals surface area contributed by atoms with Gasteiger partial charge < -0.3 is 14.5 Å². The lowest BCUT2D eigenvalue weighted by Gasteiger charge is -2.42. The number of fused-ring (bicyclic) bond motifs is 1. The second kappa shape index (κ2) is 7.48. The van der Waals surface area contributed by atoms with Gasteiger partial charge in [-0.2, -0.15) is 0 Å². The summed E-state index contributed by atoms with van der Waals surface area (Å²) in [7, 11) is 0. The zero-order valence-electron chi connectivity index (χ0n) is 15.6. The van der Waals surface area contributed by atoms with Crippen molar-refractivity contribution < 1.29 is 9.53 Å². The molecule has 1 saturated heterocycles. The number of nitrogens with zero attached hydrogens (tertiary/aromatic N) is 5. The lowest BCUT2D eigenvalue weighted by Crippen LogP contribution is -2.55. The molecule has 0 radical (unpaired) electrons. The molecule has 0 unspecified atom stereocenters. The molecule has 0 aliphatic carbocycles. The van der Waals surface area contributed by atoms with E-state index in [0.717, 1.165) is 30.0 Å². The van der Waals surface area contributed by atoms with Gasteiger partial charge in [0.05, 0.1) is 12.2 Å². The fourth-order valence-electron chi connectivity index (χ4n) is 3.35. The Morgan fingerprint density at radius 1 is 1.27 bits per heavy atom. The summed E-state index contributed by atoms with van der Waals surface area (Å²) < 4.78 is 7.55. The molecular weight excluding hydrogens is 422 g/mol. The number of hydrogen-bond acceptors (Lipinski definition) is 6. The number of hydrogen-bond donors (Lipinski definition) is 0. The van der Waals surface area contributed by atoms with E-state index in [2.05, 4.69) is 37.9 Å². The standard InChI is InChI=1S/C17H25BrClN5O2/c1-11-9-22(16(25)26-17(2,3)4)7-8-24(11)14-12-5-6-23(18)10-13(12)20-15(19)21-14/h11H,5-10H2,1-4H3/t11-/m0/s1. The number of carbonyl (C=O) groups excluding carboxylic acids is 1. The molecule has 9 heteroatoms. The highest BCUT2D eigenvalue weighted by Crippen LogP contribution is 2.31. The summed E-state index contributed by atoms with van der Waals surface area (Å²) in [6.45, 7) is 11.2. The van der Waals surface area contributed by atoms with E-state index in [9.17, 15) is 4.79 Å². The lowest BCUT2D eigenvalue weighted by atomic mass is 10.0. The van der Waals surface area contributed by atoms with Gasteiger partial charge in [0, 0.05) is 53.9 Å². The minimum Gasteiger partial charge on any atom is -0.444 e. The van der Waals surface area contributed by atoms with E-state index in [-0.39, 0.29) is 17.4 Å². The molecule has 144 valence electrons. The number of aromatic nitrogens is 2. The highest BCUT2D eigenvalue weighted by Gasteiger charge is 2.33. The summed E-state index contributed by atoms with van der Waals surface area (Å²) in [5.74, 6) is 0.900. The first-order valence-electron chi connectivity index (χ1n) is 8.84. The summed E-state index contributed by atoms with van der Waals surface area (Å²) >= 11 is 9.70. The van der Waals surface area contributed by atoms with E-state index in [1.807, 2.05) is 24.7 Å². The zero-order chi connectivity index (χ0) is 19.1. The maximum Gasteiger partial charge on any atom is 0.410 e. The highest BCUT2D eigenvalue weighted by atomic mass is 79.9. The van der Waals surface area contributed by atoms with E-state index in [4.69, 9.17) is 16.3 Å². The molecule has 2 aliphatic heterocycles. The maximum atomic E-state index is 12.4. The third-order valence-electron chi connectivity index (χ3n) is 4.52. The SMILES string of the molecule is C[C@H]1CN(C(=O)OC(C)(C)C)CCN1c1nc(Cl)nc2c1CCN(Br)C2. The van der Waals surface area contributed by atoms with Gasteiger partial charge in [-0.15, -0.1) is 0 Å². The Morgan fingerprint density at radius 2 is 2.00 bits per heavy atom. The smallest absolute Gasteiger partial charge is 0.410 e. The van der Waals surface area contributed by atoms with Crippen molar-refractivity contribution in [2.24, 2.45) is 0 Å². The predicted octanol–water partition coefficient (Wildman–Crippen LogP) is 3.24. The molecule has 3 rings (SSSR count). The molecule has 0 spiro atoms. The quantitative estimate of drug-likeness (QED) is 0.487. The maximum absolute atomic E-state index is 12.4. The molecule has 1 fully saturated rings. The molecule has 0 aromatic carbocycles. The van der Waals surface area contributed by atoms with Crippen molar-refractivity contribution in [3.63, 3.8) is 0 Å². The van der Waals surface area contributed by atoms with Gasteiger partial charge in [0.25, 0.3) is 0 Å². The van der Waals surface area contributed by atoms with E-state index < -0.39 is 5.60 Å². The van der Waals surface area contributed by atoms with Crippen molar-refractivity contribution in [1.29, 1.82) is 0 Å². The number of ether oxygens (including phenoxy) is 1. The molecule has 1 atom stereocenters. The molecule has 2 aliphatic rings. The third-order valence-corrected chi connectivity index (χ3v) is 5.30. The fourth-order valence-corrected chi connectivity index (χ4v) is 3.95. The van der Waals surface area contributed by atoms with Crippen molar-refractivity contribution in [2.75, 3.05) is 31.1 Å². The van der Waals surface area contributed by atoms with Crippen molar-refractivity contribution in [1.82, 2.24) is 18.8 Å². The Bertz CT molecular complexity index is 696. The van der Waals surface area contributed by atoms with Crippen LogP contribution in [0.1, 0.15) is 39.0 Å². The number of amides is 1. The monoisotopic (exact) mass is 445 g/mol. The number of anilines is 1. The number of halogens is 2. The van der Waals surface area contributed by atoms with Gasteiger partial charge in [-0.1, -0.05) is 0 Å². The Kier molecular flexibility index (Phi) is 5.65. The average Bonchev–Trinajstić information content (AvgIpc) is 2.52. The van der Waals surface area contributed by atoms with E-state index in [1.165, 1.54) is 0 Å².